The summed E-state index contributed by atoms with van der Waals surface area (Å²) in [4.78, 5) is 13.8. The number of ether oxygens (including phenoxy) is 1. The third-order valence-electron chi connectivity index (χ3n) is 5.24. The number of rotatable bonds is 6. The third kappa shape index (κ3) is 6.49. The van der Waals surface area contributed by atoms with E-state index in [0.717, 1.165) is 23.3 Å². The second-order valence-corrected chi connectivity index (χ2v) is 9.49. The molecule has 1 saturated heterocycles. The Morgan fingerprint density at radius 3 is 2.06 bits per heavy atom. The van der Waals surface area contributed by atoms with Crippen molar-refractivity contribution in [1.29, 1.82) is 0 Å². The molecule has 14 heteroatoms. The van der Waals surface area contributed by atoms with Crippen molar-refractivity contribution in [3.05, 3.63) is 70.5 Å². The highest BCUT2D eigenvalue weighted by molar-refractivity contribution is 7.85. The highest BCUT2D eigenvalue weighted by Gasteiger charge is 2.44. The minimum Gasteiger partial charge on any atom is -0.348 e. The van der Waals surface area contributed by atoms with E-state index >= 15 is 0 Å². The standard InChI is InChI=1S/C21H18F7NO5S/c1-35(31,32)34-7-6-19(14-2-4-17(22)5-3-14)11-29(12-33-19)18(30)13-8-15(20(23,24)25)10-16(9-13)21(26,27)28/h2-5,8-10H,6-7,11-12H2,1H3/t19-/m1/s1. The van der Waals surface area contributed by atoms with E-state index in [4.69, 9.17) is 8.92 Å². The van der Waals surface area contributed by atoms with Crippen molar-refractivity contribution in [2.75, 3.05) is 26.1 Å². The SMILES string of the molecule is CS(=O)(=O)OCC[C@]1(c2ccc(F)cc2)CN(C(=O)c2cc(C(F)(F)F)cc(C(F)(F)F)c2)CO1. The van der Waals surface area contributed by atoms with Gasteiger partial charge < -0.3 is 9.64 Å². The molecule has 0 radical (unpaired) electrons. The summed E-state index contributed by atoms with van der Waals surface area (Å²) in [5, 5.41) is 0. The van der Waals surface area contributed by atoms with Gasteiger partial charge in [-0.2, -0.15) is 34.8 Å². The number of hydrogen-bond donors (Lipinski definition) is 0. The molecular formula is C21H18F7NO5S. The Kier molecular flexibility index (Phi) is 7.21. The van der Waals surface area contributed by atoms with Gasteiger partial charge in [0, 0.05) is 12.0 Å². The molecule has 1 fully saturated rings. The molecule has 1 aliphatic rings. The minimum atomic E-state index is -5.14. The lowest BCUT2D eigenvalue weighted by Gasteiger charge is -2.28. The number of alkyl halides is 6. The van der Waals surface area contributed by atoms with E-state index in [1.54, 1.807) is 0 Å². The van der Waals surface area contributed by atoms with Crippen LogP contribution in [0.2, 0.25) is 0 Å². The zero-order chi connectivity index (χ0) is 26.2. The van der Waals surface area contributed by atoms with Gasteiger partial charge in [0.25, 0.3) is 16.0 Å². The molecule has 0 N–H and O–H groups in total. The maximum Gasteiger partial charge on any atom is 0.416 e. The Balaban J connectivity index is 1.95. The van der Waals surface area contributed by atoms with Crippen LogP contribution in [0.15, 0.2) is 42.5 Å². The van der Waals surface area contributed by atoms with Gasteiger partial charge in [0.15, 0.2) is 0 Å². The summed E-state index contributed by atoms with van der Waals surface area (Å²) in [6, 6.07) is 5.27. The average Bonchev–Trinajstić information content (AvgIpc) is 3.16. The summed E-state index contributed by atoms with van der Waals surface area (Å²) in [6.45, 7) is -1.32. The molecule has 0 bridgehead atoms. The smallest absolute Gasteiger partial charge is 0.348 e. The average molecular weight is 529 g/mol. The molecule has 1 aliphatic heterocycles. The molecule has 6 nitrogen and oxygen atoms in total. The molecule has 1 heterocycles. The first-order valence-electron chi connectivity index (χ1n) is 9.83. The Labute approximate surface area is 195 Å². The Hall–Kier alpha value is -2.71. The van der Waals surface area contributed by atoms with Crippen LogP contribution >= 0.6 is 0 Å². The Morgan fingerprint density at radius 2 is 1.57 bits per heavy atom. The zero-order valence-electron chi connectivity index (χ0n) is 17.9. The Bertz CT molecular complexity index is 1160. The normalized spacial score (nSPS) is 19.3. The van der Waals surface area contributed by atoms with Gasteiger partial charge in [-0.15, -0.1) is 0 Å². The van der Waals surface area contributed by atoms with E-state index in [0.29, 0.717) is 17.7 Å². The van der Waals surface area contributed by atoms with Crippen molar-refractivity contribution in [3.63, 3.8) is 0 Å². The van der Waals surface area contributed by atoms with Gasteiger partial charge in [-0.3, -0.25) is 8.98 Å². The van der Waals surface area contributed by atoms with E-state index < -0.39 is 69.8 Å². The van der Waals surface area contributed by atoms with Gasteiger partial charge >= 0.3 is 12.4 Å². The molecule has 1 atom stereocenters. The largest absolute Gasteiger partial charge is 0.416 e. The fourth-order valence-electron chi connectivity index (χ4n) is 3.57. The van der Waals surface area contributed by atoms with Gasteiger partial charge in [-0.1, -0.05) is 12.1 Å². The number of hydrogen-bond acceptors (Lipinski definition) is 5. The summed E-state index contributed by atoms with van der Waals surface area (Å²) in [6.07, 6.45) is -9.65. The summed E-state index contributed by atoms with van der Waals surface area (Å²) < 4.78 is 126. The van der Waals surface area contributed by atoms with Crippen LogP contribution in [0.1, 0.15) is 33.5 Å². The van der Waals surface area contributed by atoms with Gasteiger partial charge in [0.05, 0.1) is 30.5 Å². The van der Waals surface area contributed by atoms with Crippen LogP contribution in [0.3, 0.4) is 0 Å². The molecule has 3 rings (SSSR count). The van der Waals surface area contributed by atoms with Gasteiger partial charge in [-0.25, -0.2) is 4.39 Å². The molecule has 0 unspecified atom stereocenters. The molecule has 0 spiro atoms. The van der Waals surface area contributed by atoms with Crippen molar-refractivity contribution in [1.82, 2.24) is 4.90 Å². The first-order chi connectivity index (χ1) is 16.0. The summed E-state index contributed by atoms with van der Waals surface area (Å²) in [7, 11) is -3.85. The molecule has 2 aromatic carbocycles. The van der Waals surface area contributed by atoms with E-state index in [1.807, 2.05) is 0 Å². The first kappa shape index (κ1) is 26.9. The monoisotopic (exact) mass is 529 g/mol. The zero-order valence-corrected chi connectivity index (χ0v) is 18.7. The van der Waals surface area contributed by atoms with Crippen LogP contribution in [-0.2, 0) is 37.0 Å². The maximum atomic E-state index is 13.4. The van der Waals surface area contributed by atoms with Crippen molar-refractivity contribution >= 4 is 16.0 Å². The number of halogens is 7. The second-order valence-electron chi connectivity index (χ2n) is 7.85. The molecule has 2 aromatic rings. The fraction of sp³-hybridized carbons (Fsp3) is 0.381. The van der Waals surface area contributed by atoms with Crippen LogP contribution in [0.5, 0.6) is 0 Å². The van der Waals surface area contributed by atoms with Crippen molar-refractivity contribution in [3.8, 4) is 0 Å². The highest BCUT2D eigenvalue weighted by Crippen LogP contribution is 2.39. The number of benzene rings is 2. The molecule has 192 valence electrons. The summed E-state index contributed by atoms with van der Waals surface area (Å²) >= 11 is 0. The first-order valence-corrected chi connectivity index (χ1v) is 11.6. The molecule has 1 amide bonds. The van der Waals surface area contributed by atoms with Gasteiger partial charge in [-0.05, 0) is 35.9 Å². The van der Waals surface area contributed by atoms with Crippen LogP contribution in [0.4, 0.5) is 30.7 Å². The van der Waals surface area contributed by atoms with Crippen molar-refractivity contribution in [2.45, 2.75) is 24.4 Å². The van der Waals surface area contributed by atoms with Crippen molar-refractivity contribution in [2.24, 2.45) is 0 Å². The molecule has 0 saturated carbocycles. The molecular weight excluding hydrogens is 511 g/mol. The predicted octanol–water partition coefficient (Wildman–Crippen LogP) is 4.56. The lowest BCUT2D eigenvalue weighted by atomic mass is 9.90. The van der Waals surface area contributed by atoms with Crippen molar-refractivity contribution < 1.29 is 52.9 Å². The lowest BCUT2D eigenvalue weighted by molar-refractivity contribution is -0.143. The van der Waals surface area contributed by atoms with E-state index in [-0.39, 0.29) is 19.0 Å². The van der Waals surface area contributed by atoms with Gasteiger partial charge in [0.1, 0.15) is 18.1 Å². The van der Waals surface area contributed by atoms with E-state index in [2.05, 4.69) is 0 Å². The number of amides is 1. The van der Waals surface area contributed by atoms with Gasteiger partial charge in [0.2, 0.25) is 0 Å². The molecule has 35 heavy (non-hydrogen) atoms. The predicted molar refractivity (Wildman–Crippen MR) is 107 cm³/mol. The Morgan fingerprint density at radius 1 is 1.03 bits per heavy atom. The maximum absolute atomic E-state index is 13.4. The topological polar surface area (TPSA) is 72.9 Å². The number of carbonyl (C=O) groups excluding carboxylic acids is 1. The van der Waals surface area contributed by atoms with E-state index in [9.17, 15) is 43.9 Å². The fourth-order valence-corrected chi connectivity index (χ4v) is 3.96. The van der Waals surface area contributed by atoms with Crippen LogP contribution in [0.25, 0.3) is 0 Å². The highest BCUT2D eigenvalue weighted by atomic mass is 32.2. The minimum absolute atomic E-state index is 0.0946. The van der Waals surface area contributed by atoms with Crippen LogP contribution in [0, 0.1) is 5.82 Å². The number of nitrogens with zero attached hydrogens (tertiary/aromatic N) is 1. The van der Waals surface area contributed by atoms with Crippen LogP contribution in [-0.4, -0.2) is 45.4 Å². The lowest BCUT2D eigenvalue weighted by Crippen LogP contribution is -2.36. The molecule has 0 aromatic heterocycles. The van der Waals surface area contributed by atoms with E-state index in [1.165, 1.54) is 12.1 Å². The quantitative estimate of drug-likeness (QED) is 0.406. The third-order valence-corrected chi connectivity index (χ3v) is 5.83. The summed E-state index contributed by atoms with van der Waals surface area (Å²) in [5.41, 5.74) is -5.32. The van der Waals surface area contributed by atoms with Crippen LogP contribution < -0.4 is 0 Å². The number of carbonyl (C=O) groups is 1. The second kappa shape index (κ2) is 9.39. The molecule has 0 aliphatic carbocycles. The summed E-state index contributed by atoms with van der Waals surface area (Å²) in [5.74, 6) is -1.78.